The van der Waals surface area contributed by atoms with E-state index in [0.29, 0.717) is 30.2 Å². The monoisotopic (exact) mass is 436 g/mol. The molecule has 0 saturated heterocycles. The van der Waals surface area contributed by atoms with Crippen LogP contribution < -0.4 is 14.8 Å². The van der Waals surface area contributed by atoms with Crippen molar-refractivity contribution < 1.29 is 19.5 Å². The number of rotatable bonds is 9. The Labute approximate surface area is 183 Å². The van der Waals surface area contributed by atoms with Crippen LogP contribution >= 0.6 is 12.4 Å². The second kappa shape index (κ2) is 10.6. The van der Waals surface area contributed by atoms with Gasteiger partial charge in [-0.2, -0.15) is 0 Å². The summed E-state index contributed by atoms with van der Waals surface area (Å²) in [6, 6.07) is 12.2. The number of benzene rings is 2. The molecule has 2 aromatic rings. The van der Waals surface area contributed by atoms with Crippen LogP contribution in [0.4, 0.5) is 5.69 Å². The van der Waals surface area contributed by atoms with E-state index < -0.39 is 11.0 Å². The van der Waals surface area contributed by atoms with Crippen molar-refractivity contribution in [3.05, 3.63) is 63.7 Å². The molecule has 1 unspecified atom stereocenters. The Hall–Kier alpha value is -2.35. The van der Waals surface area contributed by atoms with Crippen molar-refractivity contribution in [2.45, 2.75) is 37.2 Å². The molecule has 1 atom stereocenters. The van der Waals surface area contributed by atoms with Crippen LogP contribution in [0.5, 0.6) is 11.5 Å². The molecular formula is C22H29ClN2O5. The van der Waals surface area contributed by atoms with Gasteiger partial charge in [-0.15, -0.1) is 12.4 Å². The van der Waals surface area contributed by atoms with Crippen molar-refractivity contribution >= 4 is 18.1 Å². The smallest absolute Gasteiger partial charge is 0.269 e. The lowest BCUT2D eigenvalue weighted by molar-refractivity contribution is -0.385. The highest BCUT2D eigenvalue weighted by Crippen LogP contribution is 2.43. The molecule has 0 aliphatic heterocycles. The molecule has 164 valence electrons. The zero-order valence-electron chi connectivity index (χ0n) is 17.3. The van der Waals surface area contributed by atoms with E-state index in [1.165, 1.54) is 17.7 Å². The number of nitrogens with zero attached hydrogens (tertiary/aromatic N) is 1. The Kier molecular flexibility index (Phi) is 8.46. The first-order valence-corrected chi connectivity index (χ1v) is 9.85. The third kappa shape index (κ3) is 5.22. The quantitative estimate of drug-likeness (QED) is 0.452. The predicted octanol–water partition coefficient (Wildman–Crippen LogP) is 4.17. The third-order valence-electron chi connectivity index (χ3n) is 5.82. The van der Waals surface area contributed by atoms with Gasteiger partial charge in [0.05, 0.1) is 25.2 Å². The second-order valence-electron chi connectivity index (χ2n) is 7.56. The van der Waals surface area contributed by atoms with Gasteiger partial charge < -0.3 is 19.9 Å². The molecule has 0 radical (unpaired) electrons. The summed E-state index contributed by atoms with van der Waals surface area (Å²) in [7, 11) is 3.26. The number of methoxy groups -OCH3 is 2. The molecule has 1 fully saturated rings. The molecule has 0 heterocycles. The lowest BCUT2D eigenvalue weighted by Gasteiger charge is -2.31. The Morgan fingerprint density at radius 1 is 1.13 bits per heavy atom. The number of aliphatic hydroxyl groups excluding tert-OH is 1. The summed E-state index contributed by atoms with van der Waals surface area (Å²) < 4.78 is 10.8. The molecule has 7 nitrogen and oxygen atoms in total. The summed E-state index contributed by atoms with van der Waals surface area (Å²) >= 11 is 0. The minimum Gasteiger partial charge on any atom is -0.493 e. The highest BCUT2D eigenvalue weighted by Gasteiger charge is 2.36. The number of nitro benzene ring substituents is 1. The largest absolute Gasteiger partial charge is 0.493 e. The average molecular weight is 437 g/mol. The van der Waals surface area contributed by atoms with Gasteiger partial charge in [-0.05, 0) is 36.1 Å². The second-order valence-corrected chi connectivity index (χ2v) is 7.56. The normalized spacial score (nSPS) is 15.8. The molecule has 1 saturated carbocycles. The Morgan fingerprint density at radius 3 is 2.47 bits per heavy atom. The van der Waals surface area contributed by atoms with Gasteiger partial charge in [-0.3, -0.25) is 10.1 Å². The molecule has 3 rings (SSSR count). The van der Waals surface area contributed by atoms with Gasteiger partial charge in [-0.1, -0.05) is 31.0 Å². The molecule has 0 spiro atoms. The minimum atomic E-state index is -0.807. The summed E-state index contributed by atoms with van der Waals surface area (Å²) in [4.78, 5) is 10.5. The lowest BCUT2D eigenvalue weighted by Crippen LogP contribution is -2.37. The van der Waals surface area contributed by atoms with E-state index in [0.717, 1.165) is 25.7 Å². The van der Waals surface area contributed by atoms with Crippen LogP contribution in [0.15, 0.2) is 42.5 Å². The van der Waals surface area contributed by atoms with Crippen LogP contribution in [0, 0.1) is 10.1 Å². The van der Waals surface area contributed by atoms with Gasteiger partial charge in [0.15, 0.2) is 11.5 Å². The van der Waals surface area contributed by atoms with Crippen LogP contribution in [0.1, 0.15) is 42.9 Å². The van der Waals surface area contributed by atoms with Crippen LogP contribution in [0.25, 0.3) is 0 Å². The number of aliphatic hydroxyl groups is 1. The fourth-order valence-corrected chi connectivity index (χ4v) is 4.20. The lowest BCUT2D eigenvalue weighted by atomic mass is 9.78. The maximum atomic E-state index is 10.9. The van der Waals surface area contributed by atoms with E-state index in [4.69, 9.17) is 9.47 Å². The van der Waals surface area contributed by atoms with E-state index >= 15 is 0 Å². The standard InChI is InChI=1S/C22H28N2O5.ClH/c1-28-20-9-8-17(13-21(20)29-2)22(10-3-4-11-22)15-23-14-19(25)16-6-5-7-18(12-16)24(26)27;/h5-9,12-13,19,23,25H,3-4,10-11,14-15H2,1-2H3;1H. The summed E-state index contributed by atoms with van der Waals surface area (Å²) in [6.07, 6.45) is 3.62. The number of halogens is 1. The Bertz CT molecular complexity index is 855. The van der Waals surface area contributed by atoms with Gasteiger partial charge in [-0.25, -0.2) is 0 Å². The van der Waals surface area contributed by atoms with Crippen molar-refractivity contribution in [3.8, 4) is 11.5 Å². The molecule has 0 bridgehead atoms. The van der Waals surface area contributed by atoms with Crippen LogP contribution in [-0.4, -0.2) is 37.3 Å². The van der Waals surface area contributed by atoms with E-state index in [9.17, 15) is 15.2 Å². The van der Waals surface area contributed by atoms with E-state index in [1.807, 2.05) is 12.1 Å². The van der Waals surface area contributed by atoms with Crippen molar-refractivity contribution in [1.29, 1.82) is 0 Å². The van der Waals surface area contributed by atoms with Crippen molar-refractivity contribution in [3.63, 3.8) is 0 Å². The number of ether oxygens (including phenoxy) is 2. The van der Waals surface area contributed by atoms with Crippen LogP contribution in [0.2, 0.25) is 0 Å². The van der Waals surface area contributed by atoms with Gasteiger partial charge in [0.1, 0.15) is 0 Å². The van der Waals surface area contributed by atoms with Gasteiger partial charge in [0.2, 0.25) is 0 Å². The Morgan fingerprint density at radius 2 is 1.83 bits per heavy atom. The molecule has 1 aliphatic carbocycles. The third-order valence-corrected chi connectivity index (χ3v) is 5.82. The fourth-order valence-electron chi connectivity index (χ4n) is 4.20. The molecule has 8 heteroatoms. The minimum absolute atomic E-state index is 0. The molecule has 0 aromatic heterocycles. The van der Waals surface area contributed by atoms with Crippen molar-refractivity contribution in [2.24, 2.45) is 0 Å². The average Bonchev–Trinajstić information content (AvgIpc) is 3.23. The topological polar surface area (TPSA) is 93.9 Å². The number of nitrogens with one attached hydrogen (secondary N) is 1. The highest BCUT2D eigenvalue weighted by molar-refractivity contribution is 5.85. The Balaban J connectivity index is 0.00000320. The highest BCUT2D eigenvalue weighted by atomic mass is 35.5. The first-order valence-electron chi connectivity index (χ1n) is 9.85. The number of nitro groups is 1. The molecule has 2 aromatic carbocycles. The fraction of sp³-hybridized carbons (Fsp3) is 0.455. The van der Waals surface area contributed by atoms with E-state index in [-0.39, 0.29) is 23.5 Å². The summed E-state index contributed by atoms with van der Waals surface area (Å²) in [6.45, 7) is 1.05. The molecule has 2 N–H and O–H groups in total. The molecule has 0 amide bonds. The first-order chi connectivity index (χ1) is 14.0. The SMILES string of the molecule is COc1ccc(C2(CNCC(O)c3cccc([N+](=O)[O-])c3)CCCC2)cc1OC.Cl. The number of non-ortho nitro benzene ring substituents is 1. The maximum Gasteiger partial charge on any atom is 0.269 e. The van der Waals surface area contributed by atoms with Gasteiger partial charge in [0, 0.05) is 30.6 Å². The summed E-state index contributed by atoms with van der Waals surface area (Å²) in [5.41, 5.74) is 1.70. The van der Waals surface area contributed by atoms with E-state index in [1.54, 1.807) is 26.4 Å². The van der Waals surface area contributed by atoms with Gasteiger partial charge >= 0.3 is 0 Å². The van der Waals surface area contributed by atoms with Crippen molar-refractivity contribution in [1.82, 2.24) is 5.32 Å². The zero-order chi connectivity index (χ0) is 20.9. The summed E-state index contributed by atoms with van der Waals surface area (Å²) in [5, 5.41) is 24.8. The zero-order valence-corrected chi connectivity index (χ0v) is 18.1. The number of hydrogen-bond donors (Lipinski definition) is 2. The molecular weight excluding hydrogens is 408 g/mol. The van der Waals surface area contributed by atoms with Gasteiger partial charge in [0.25, 0.3) is 5.69 Å². The predicted molar refractivity (Wildman–Crippen MR) is 118 cm³/mol. The van der Waals surface area contributed by atoms with Crippen LogP contribution in [0.3, 0.4) is 0 Å². The molecule has 1 aliphatic rings. The summed E-state index contributed by atoms with van der Waals surface area (Å²) in [5.74, 6) is 1.42. The van der Waals surface area contributed by atoms with Crippen molar-refractivity contribution in [2.75, 3.05) is 27.3 Å². The number of hydrogen-bond acceptors (Lipinski definition) is 6. The van der Waals surface area contributed by atoms with E-state index in [2.05, 4.69) is 11.4 Å². The van der Waals surface area contributed by atoms with Crippen LogP contribution in [-0.2, 0) is 5.41 Å². The first kappa shape index (κ1) is 23.9. The maximum absolute atomic E-state index is 10.9. The molecule has 30 heavy (non-hydrogen) atoms.